The Balaban J connectivity index is 1.53. The summed E-state index contributed by atoms with van der Waals surface area (Å²) in [5.74, 6) is 0.270. The van der Waals surface area contributed by atoms with Crippen LogP contribution in [0.5, 0.6) is 0 Å². The molecule has 0 aliphatic heterocycles. The highest BCUT2D eigenvalue weighted by atomic mass is 32.2. The van der Waals surface area contributed by atoms with Gasteiger partial charge in [0.05, 0.1) is 26.4 Å². The van der Waals surface area contributed by atoms with Crippen LogP contribution < -0.4 is 10.2 Å². The van der Waals surface area contributed by atoms with Gasteiger partial charge in [0.25, 0.3) is 5.22 Å². The van der Waals surface area contributed by atoms with Crippen LogP contribution in [0, 0.1) is 0 Å². The van der Waals surface area contributed by atoms with Gasteiger partial charge < -0.3 is 14.6 Å². The summed E-state index contributed by atoms with van der Waals surface area (Å²) >= 11 is 1.31. The Bertz CT molecular complexity index is 800. The van der Waals surface area contributed by atoms with E-state index in [0.717, 1.165) is 11.1 Å². The summed E-state index contributed by atoms with van der Waals surface area (Å²) in [6.07, 6.45) is 0. The lowest BCUT2D eigenvalue weighted by Crippen LogP contribution is -3.07. The van der Waals surface area contributed by atoms with Crippen molar-refractivity contribution in [2.75, 3.05) is 26.4 Å². The zero-order valence-corrected chi connectivity index (χ0v) is 15.2. The lowest BCUT2D eigenvalue weighted by molar-refractivity contribution is -0.890. The Morgan fingerprint density at radius 2 is 1.88 bits per heavy atom. The number of carbonyl (C=O) groups excluding carboxylic acids is 1. The molecule has 0 fully saturated rings. The van der Waals surface area contributed by atoms with E-state index in [-0.39, 0.29) is 17.7 Å². The molecule has 0 unspecified atom stereocenters. The molecule has 1 heterocycles. The van der Waals surface area contributed by atoms with Crippen LogP contribution in [-0.4, -0.2) is 37.3 Å². The highest BCUT2D eigenvalue weighted by Crippen LogP contribution is 2.22. The van der Waals surface area contributed by atoms with Crippen molar-refractivity contribution >= 4 is 28.8 Å². The molecular weight excluding hydrogens is 334 g/mol. The lowest BCUT2D eigenvalue weighted by atomic mass is 10.1. The first-order chi connectivity index (χ1) is 12.1. The molecule has 0 saturated heterocycles. The van der Waals surface area contributed by atoms with Gasteiger partial charge in [-0.3, -0.25) is 4.79 Å². The molecule has 1 atom stereocenters. The Morgan fingerprint density at radius 3 is 2.60 bits per heavy atom. The van der Waals surface area contributed by atoms with Crippen molar-refractivity contribution in [2.24, 2.45) is 0 Å². The van der Waals surface area contributed by atoms with Crippen molar-refractivity contribution in [1.29, 1.82) is 0 Å². The molecule has 5 nitrogen and oxygen atoms in total. The molecule has 0 aliphatic carbocycles. The van der Waals surface area contributed by atoms with Crippen molar-refractivity contribution in [2.45, 2.75) is 11.3 Å². The van der Waals surface area contributed by atoms with Gasteiger partial charge in [0.2, 0.25) is 5.91 Å². The second-order valence-corrected chi connectivity index (χ2v) is 7.01. The zero-order chi connectivity index (χ0) is 17.6. The van der Waals surface area contributed by atoms with Gasteiger partial charge in [-0.15, -0.1) is 0 Å². The molecule has 0 aliphatic rings. The number of hydrogen-bond acceptors (Lipinski definition) is 4. The van der Waals surface area contributed by atoms with Crippen molar-refractivity contribution in [3.05, 3.63) is 60.2 Å². The number of amides is 1. The molecule has 0 spiro atoms. The highest BCUT2D eigenvalue weighted by Gasteiger charge is 2.18. The van der Waals surface area contributed by atoms with E-state index < -0.39 is 0 Å². The Kier molecular flexibility index (Phi) is 5.73. The minimum absolute atomic E-state index is 0.0190. The fraction of sp³-hybridized carbons (Fsp3) is 0.263. The molecule has 1 amide bonds. The van der Waals surface area contributed by atoms with Crippen molar-refractivity contribution in [3.63, 3.8) is 0 Å². The van der Waals surface area contributed by atoms with E-state index in [0.29, 0.717) is 11.8 Å². The molecule has 1 aromatic heterocycles. The summed E-state index contributed by atoms with van der Waals surface area (Å²) in [6, 6.07) is 18.0. The number of nitrogens with one attached hydrogen (secondary N) is 2. The van der Waals surface area contributed by atoms with Crippen molar-refractivity contribution < 1.29 is 14.1 Å². The number of thioether (sulfide) groups is 1. The number of rotatable bonds is 7. The van der Waals surface area contributed by atoms with E-state index >= 15 is 0 Å². The normalized spacial score (nSPS) is 12.4. The van der Waals surface area contributed by atoms with E-state index in [1.807, 2.05) is 42.5 Å². The molecule has 2 N–H and O–H groups in total. The first-order valence-corrected chi connectivity index (χ1v) is 9.22. The SMILES string of the molecule is C[NH+](C)[C@@H](CNC(=O)CSc1nc2ccccc2o1)c1ccccc1. The maximum Gasteiger partial charge on any atom is 0.257 e. The zero-order valence-electron chi connectivity index (χ0n) is 14.4. The van der Waals surface area contributed by atoms with Gasteiger partial charge in [0, 0.05) is 5.56 Å². The number of benzene rings is 2. The maximum atomic E-state index is 12.2. The largest absolute Gasteiger partial charge is 0.431 e. The topological polar surface area (TPSA) is 59.6 Å². The number of para-hydroxylation sites is 2. The third-order valence-electron chi connectivity index (χ3n) is 4.00. The van der Waals surface area contributed by atoms with E-state index in [9.17, 15) is 4.79 Å². The molecule has 130 valence electrons. The van der Waals surface area contributed by atoms with E-state index in [1.165, 1.54) is 22.2 Å². The van der Waals surface area contributed by atoms with Crippen LogP contribution in [-0.2, 0) is 4.79 Å². The van der Waals surface area contributed by atoms with Gasteiger partial charge in [-0.25, -0.2) is 4.98 Å². The summed E-state index contributed by atoms with van der Waals surface area (Å²) < 4.78 is 5.62. The molecule has 2 aromatic carbocycles. The summed E-state index contributed by atoms with van der Waals surface area (Å²) in [6.45, 7) is 0.597. The van der Waals surface area contributed by atoms with Crippen LogP contribution >= 0.6 is 11.8 Å². The standard InChI is InChI=1S/C19H21N3O2S/c1-22(2)16(14-8-4-3-5-9-14)12-20-18(23)13-25-19-21-15-10-6-7-11-17(15)24-19/h3-11,16H,12-13H2,1-2H3,(H,20,23)/p+1/t16-/m0/s1. The van der Waals surface area contributed by atoms with E-state index in [2.05, 4.69) is 36.5 Å². The summed E-state index contributed by atoms with van der Waals surface area (Å²) in [4.78, 5) is 17.8. The Labute approximate surface area is 151 Å². The number of likely N-dealkylation sites (N-methyl/N-ethyl adjacent to an activating group) is 1. The average Bonchev–Trinajstić information content (AvgIpc) is 3.04. The van der Waals surface area contributed by atoms with Gasteiger partial charge in [-0.05, 0) is 12.1 Å². The number of hydrogen-bond donors (Lipinski definition) is 2. The monoisotopic (exact) mass is 356 g/mol. The van der Waals surface area contributed by atoms with Gasteiger partial charge in [-0.1, -0.05) is 54.2 Å². The Hall–Kier alpha value is -2.31. The number of quaternary nitrogens is 1. The molecule has 25 heavy (non-hydrogen) atoms. The quantitative estimate of drug-likeness (QED) is 0.635. The summed E-state index contributed by atoms with van der Waals surface area (Å²) in [7, 11) is 4.19. The van der Waals surface area contributed by atoms with Crippen LogP contribution in [0.2, 0.25) is 0 Å². The molecule has 0 radical (unpaired) electrons. The number of carbonyl (C=O) groups is 1. The lowest BCUT2D eigenvalue weighted by Gasteiger charge is -2.22. The number of fused-ring (bicyclic) bond motifs is 1. The van der Waals surface area contributed by atoms with Crippen LogP contribution in [0.25, 0.3) is 11.1 Å². The second kappa shape index (κ2) is 8.18. The first-order valence-electron chi connectivity index (χ1n) is 8.23. The minimum atomic E-state index is -0.0190. The number of aromatic nitrogens is 1. The highest BCUT2D eigenvalue weighted by molar-refractivity contribution is 7.99. The predicted molar refractivity (Wildman–Crippen MR) is 99.7 cm³/mol. The molecule has 6 heteroatoms. The second-order valence-electron chi connectivity index (χ2n) is 6.08. The number of nitrogens with zero attached hydrogens (tertiary/aromatic N) is 1. The van der Waals surface area contributed by atoms with Crippen LogP contribution in [0.3, 0.4) is 0 Å². The average molecular weight is 356 g/mol. The fourth-order valence-electron chi connectivity index (χ4n) is 2.65. The fourth-order valence-corrected chi connectivity index (χ4v) is 3.32. The van der Waals surface area contributed by atoms with Gasteiger partial charge in [0.15, 0.2) is 5.58 Å². The van der Waals surface area contributed by atoms with Gasteiger partial charge >= 0.3 is 0 Å². The van der Waals surface area contributed by atoms with Crippen molar-refractivity contribution in [1.82, 2.24) is 10.3 Å². The number of oxazole rings is 1. The predicted octanol–water partition coefficient (Wildman–Crippen LogP) is 1.92. The minimum Gasteiger partial charge on any atom is -0.431 e. The molecule has 3 rings (SSSR count). The summed E-state index contributed by atoms with van der Waals surface area (Å²) in [5, 5.41) is 3.54. The van der Waals surface area contributed by atoms with Crippen LogP contribution in [0.1, 0.15) is 11.6 Å². The van der Waals surface area contributed by atoms with E-state index in [4.69, 9.17) is 4.42 Å². The smallest absolute Gasteiger partial charge is 0.257 e. The summed E-state index contributed by atoms with van der Waals surface area (Å²) in [5.41, 5.74) is 2.77. The van der Waals surface area contributed by atoms with Crippen LogP contribution in [0.4, 0.5) is 0 Å². The van der Waals surface area contributed by atoms with Gasteiger partial charge in [-0.2, -0.15) is 0 Å². The molecular formula is C19H22N3O2S+. The van der Waals surface area contributed by atoms with Crippen LogP contribution in [0.15, 0.2) is 64.2 Å². The molecule has 0 saturated carbocycles. The third-order valence-corrected chi connectivity index (χ3v) is 4.83. The third kappa shape index (κ3) is 4.61. The Morgan fingerprint density at radius 1 is 1.16 bits per heavy atom. The van der Waals surface area contributed by atoms with E-state index in [1.54, 1.807) is 0 Å². The van der Waals surface area contributed by atoms with Crippen molar-refractivity contribution in [3.8, 4) is 0 Å². The van der Waals surface area contributed by atoms with Gasteiger partial charge in [0.1, 0.15) is 11.6 Å². The molecule has 0 bridgehead atoms. The maximum absolute atomic E-state index is 12.2. The molecule has 3 aromatic rings. The first kappa shape index (κ1) is 17.5.